The van der Waals surface area contributed by atoms with Crippen LogP contribution in [0.1, 0.15) is 10.5 Å². The summed E-state index contributed by atoms with van der Waals surface area (Å²) in [7, 11) is 0. The van der Waals surface area contributed by atoms with Crippen LogP contribution >= 0.6 is 12.4 Å². The number of nitrogens with zero attached hydrogens (tertiary/aromatic N) is 2. The molecule has 0 aliphatic carbocycles. The number of nitrogens with two attached hydrogens (primary N) is 1. The molecule has 1 aromatic heterocycles. The second-order valence-electron chi connectivity index (χ2n) is 4.16. The first kappa shape index (κ1) is 13.9. The number of carbonyl (C=O) groups excluding carboxylic acids is 2. The molecule has 2 heterocycles. The third-order valence-corrected chi connectivity index (χ3v) is 3.00. The summed E-state index contributed by atoms with van der Waals surface area (Å²) >= 11 is 0. The third-order valence-electron chi connectivity index (χ3n) is 3.00. The predicted octanol–water partition coefficient (Wildman–Crippen LogP) is 0.647. The number of halogens is 1. The van der Waals surface area contributed by atoms with Crippen LogP contribution in [0.25, 0.3) is 10.9 Å². The van der Waals surface area contributed by atoms with E-state index in [1.807, 2.05) is 12.1 Å². The van der Waals surface area contributed by atoms with Crippen LogP contribution in [0.5, 0.6) is 0 Å². The Bertz CT molecular complexity index is 722. The van der Waals surface area contributed by atoms with Crippen molar-refractivity contribution in [3.63, 3.8) is 0 Å². The Morgan fingerprint density at radius 1 is 1.50 bits per heavy atom. The summed E-state index contributed by atoms with van der Waals surface area (Å²) in [4.78, 5) is 23.6. The van der Waals surface area contributed by atoms with Crippen LogP contribution in [0.15, 0.2) is 29.4 Å². The third kappa shape index (κ3) is 2.08. The van der Waals surface area contributed by atoms with E-state index in [-0.39, 0.29) is 30.8 Å². The number of benzene rings is 1. The van der Waals surface area contributed by atoms with E-state index in [1.165, 1.54) is 0 Å². The average Bonchev–Trinajstić information content (AvgIpc) is 2.76. The van der Waals surface area contributed by atoms with E-state index >= 15 is 0 Å². The monoisotopic (exact) mass is 293 g/mol. The van der Waals surface area contributed by atoms with Crippen molar-refractivity contribution in [2.24, 2.45) is 10.9 Å². The van der Waals surface area contributed by atoms with Gasteiger partial charge in [0.1, 0.15) is 18.6 Å². The van der Waals surface area contributed by atoms with Crippen molar-refractivity contribution in [3.8, 4) is 0 Å². The molecule has 0 saturated carbocycles. The molecule has 8 heteroatoms. The first-order valence-corrected chi connectivity index (χ1v) is 5.65. The van der Waals surface area contributed by atoms with Crippen molar-refractivity contribution in [1.29, 1.82) is 0 Å². The topological polar surface area (TPSA) is 102 Å². The fraction of sp³-hybridized carbons (Fsp3) is 0.0833. The Balaban J connectivity index is 0.00000147. The summed E-state index contributed by atoms with van der Waals surface area (Å²) in [5, 5.41) is 9.32. The van der Waals surface area contributed by atoms with E-state index in [4.69, 9.17) is 5.84 Å². The molecule has 3 rings (SSSR count). The van der Waals surface area contributed by atoms with E-state index in [0.29, 0.717) is 11.4 Å². The predicted molar refractivity (Wildman–Crippen MR) is 78.0 cm³/mol. The SMILES string of the molecule is Cl.NN=CNC(=O)c1cc2cccc3c2n1CC(=O)N3. The van der Waals surface area contributed by atoms with Gasteiger partial charge in [-0.15, -0.1) is 12.4 Å². The second-order valence-corrected chi connectivity index (χ2v) is 4.16. The molecule has 7 nitrogen and oxygen atoms in total. The number of rotatable bonds is 2. The molecule has 0 spiro atoms. The molecule has 20 heavy (non-hydrogen) atoms. The van der Waals surface area contributed by atoms with Gasteiger partial charge in [-0.1, -0.05) is 12.1 Å². The summed E-state index contributed by atoms with van der Waals surface area (Å²) < 4.78 is 1.68. The molecule has 1 aliphatic rings. The number of anilines is 1. The molecule has 1 aliphatic heterocycles. The van der Waals surface area contributed by atoms with Gasteiger partial charge in [0, 0.05) is 5.39 Å². The first-order chi connectivity index (χ1) is 9.20. The molecule has 1 aromatic carbocycles. The summed E-state index contributed by atoms with van der Waals surface area (Å²) in [6.45, 7) is 0.114. The van der Waals surface area contributed by atoms with Gasteiger partial charge in [-0.25, -0.2) is 0 Å². The summed E-state index contributed by atoms with van der Waals surface area (Å²) in [6.07, 6.45) is 1.11. The Hall–Kier alpha value is -2.54. The van der Waals surface area contributed by atoms with Crippen LogP contribution in [0.2, 0.25) is 0 Å². The fourth-order valence-electron chi connectivity index (χ4n) is 2.28. The lowest BCUT2D eigenvalue weighted by Gasteiger charge is -2.17. The van der Waals surface area contributed by atoms with Crippen molar-refractivity contribution >= 4 is 47.2 Å². The smallest absolute Gasteiger partial charge is 0.273 e. The number of hydrogen-bond donors (Lipinski definition) is 3. The lowest BCUT2D eigenvalue weighted by atomic mass is 10.2. The van der Waals surface area contributed by atoms with Crippen molar-refractivity contribution in [1.82, 2.24) is 9.88 Å². The Morgan fingerprint density at radius 2 is 2.30 bits per heavy atom. The van der Waals surface area contributed by atoms with Gasteiger partial charge in [0.05, 0.1) is 11.2 Å². The number of hydrogen-bond acceptors (Lipinski definition) is 4. The van der Waals surface area contributed by atoms with Crippen molar-refractivity contribution in [3.05, 3.63) is 30.0 Å². The van der Waals surface area contributed by atoms with Crippen LogP contribution in [0.4, 0.5) is 5.69 Å². The van der Waals surface area contributed by atoms with Gasteiger partial charge in [0.25, 0.3) is 5.91 Å². The Morgan fingerprint density at radius 3 is 3.05 bits per heavy atom. The standard InChI is InChI=1S/C12H11N5O2.ClH/c13-15-6-14-12(19)9-4-7-2-1-3-8-11(7)17(9)5-10(18)16-8;/h1-4,6H,5,13H2,(H,16,18)(H,14,15,19);1H. The van der Waals surface area contributed by atoms with Crippen LogP contribution < -0.4 is 16.5 Å². The highest BCUT2D eigenvalue weighted by atomic mass is 35.5. The van der Waals surface area contributed by atoms with Gasteiger partial charge < -0.3 is 21.0 Å². The van der Waals surface area contributed by atoms with E-state index < -0.39 is 0 Å². The van der Waals surface area contributed by atoms with Crippen molar-refractivity contribution < 1.29 is 9.59 Å². The van der Waals surface area contributed by atoms with Crippen LogP contribution in [-0.4, -0.2) is 22.7 Å². The van der Waals surface area contributed by atoms with Crippen LogP contribution in [0, 0.1) is 0 Å². The molecule has 0 bridgehead atoms. The van der Waals surface area contributed by atoms with Gasteiger partial charge >= 0.3 is 0 Å². The molecule has 104 valence electrons. The minimum absolute atomic E-state index is 0. The Labute approximate surface area is 120 Å². The number of aromatic nitrogens is 1. The number of carbonyl (C=O) groups is 2. The second kappa shape index (κ2) is 5.22. The molecular weight excluding hydrogens is 282 g/mol. The molecule has 2 amide bonds. The highest BCUT2D eigenvalue weighted by Gasteiger charge is 2.23. The van der Waals surface area contributed by atoms with E-state index in [1.54, 1.807) is 16.7 Å². The van der Waals surface area contributed by atoms with Gasteiger partial charge in [-0.05, 0) is 12.1 Å². The van der Waals surface area contributed by atoms with Gasteiger partial charge in [-0.2, -0.15) is 5.10 Å². The fourth-order valence-corrected chi connectivity index (χ4v) is 2.28. The van der Waals surface area contributed by atoms with Crippen molar-refractivity contribution in [2.45, 2.75) is 6.54 Å². The molecular formula is C12H12ClN5O2. The largest absolute Gasteiger partial charge is 0.325 e. The molecule has 4 N–H and O–H groups in total. The zero-order valence-electron chi connectivity index (χ0n) is 10.3. The lowest BCUT2D eigenvalue weighted by Crippen LogP contribution is -2.29. The van der Waals surface area contributed by atoms with E-state index in [0.717, 1.165) is 17.2 Å². The van der Waals surface area contributed by atoms with Crippen molar-refractivity contribution in [2.75, 3.05) is 5.32 Å². The van der Waals surface area contributed by atoms with Crippen LogP contribution in [0.3, 0.4) is 0 Å². The lowest BCUT2D eigenvalue weighted by molar-refractivity contribution is -0.116. The maximum absolute atomic E-state index is 12.0. The van der Waals surface area contributed by atoms with Gasteiger partial charge in [0.2, 0.25) is 5.91 Å². The summed E-state index contributed by atoms with van der Waals surface area (Å²) in [5.41, 5.74) is 1.95. The molecule has 0 unspecified atom stereocenters. The number of amides is 2. The average molecular weight is 294 g/mol. The highest BCUT2D eigenvalue weighted by molar-refractivity contribution is 6.10. The maximum atomic E-state index is 12.0. The highest BCUT2D eigenvalue weighted by Crippen LogP contribution is 2.29. The molecule has 0 saturated heterocycles. The molecule has 0 fully saturated rings. The molecule has 0 radical (unpaired) electrons. The normalized spacial score (nSPS) is 13.1. The number of para-hydroxylation sites is 1. The molecule has 2 aromatic rings. The summed E-state index contributed by atoms with van der Waals surface area (Å²) in [5.74, 6) is 4.43. The summed E-state index contributed by atoms with van der Waals surface area (Å²) in [6, 6.07) is 7.26. The maximum Gasteiger partial charge on any atom is 0.273 e. The molecule has 0 atom stereocenters. The number of hydrazone groups is 1. The zero-order chi connectivity index (χ0) is 13.4. The quantitative estimate of drug-likeness (QED) is 0.328. The first-order valence-electron chi connectivity index (χ1n) is 5.65. The zero-order valence-corrected chi connectivity index (χ0v) is 11.1. The minimum atomic E-state index is -0.356. The van der Waals surface area contributed by atoms with E-state index in [2.05, 4.69) is 15.7 Å². The number of nitrogens with one attached hydrogen (secondary N) is 2. The Kier molecular flexibility index (Phi) is 3.62. The van der Waals surface area contributed by atoms with Gasteiger partial charge in [0.15, 0.2) is 0 Å². The van der Waals surface area contributed by atoms with E-state index in [9.17, 15) is 9.59 Å². The van der Waals surface area contributed by atoms with Gasteiger partial charge in [-0.3, -0.25) is 9.59 Å². The van der Waals surface area contributed by atoms with Crippen LogP contribution in [-0.2, 0) is 11.3 Å². The minimum Gasteiger partial charge on any atom is -0.325 e.